The summed E-state index contributed by atoms with van der Waals surface area (Å²) < 4.78 is 15.1. The van der Waals surface area contributed by atoms with E-state index in [0.29, 0.717) is 13.0 Å². The fraction of sp³-hybridized carbons (Fsp3) is 0.909. The quantitative estimate of drug-likeness (QED) is 0.350. The molecule has 4 nitrogen and oxygen atoms in total. The molecule has 15 heavy (non-hydrogen) atoms. The van der Waals surface area contributed by atoms with Gasteiger partial charge in [0.05, 0.1) is 6.10 Å². The van der Waals surface area contributed by atoms with Crippen LogP contribution in [0.25, 0.3) is 0 Å². The van der Waals surface area contributed by atoms with Gasteiger partial charge in [0.25, 0.3) is 0 Å². The molecule has 1 fully saturated rings. The molecule has 0 bridgehead atoms. The lowest BCUT2D eigenvalue weighted by atomic mass is 10.2. The Morgan fingerprint density at radius 3 is 2.67 bits per heavy atom. The van der Waals surface area contributed by atoms with Gasteiger partial charge in [-0.15, -0.1) is 0 Å². The first-order chi connectivity index (χ1) is 7.24. The maximum absolute atomic E-state index is 11.2. The number of epoxide rings is 1. The molecule has 88 valence electrons. The lowest BCUT2D eigenvalue weighted by Crippen LogP contribution is -2.10. The Bertz CT molecular complexity index is 193. The van der Waals surface area contributed by atoms with Gasteiger partial charge < -0.3 is 14.2 Å². The molecule has 0 aromatic carbocycles. The standard InChI is InChI=1S/C11H20O4/c1-9-10(15-9)8-14-11(12)6-4-3-5-7-13-2/h9-10H,3-8H2,1-2H3. The van der Waals surface area contributed by atoms with Crippen LogP contribution >= 0.6 is 0 Å². The average molecular weight is 216 g/mol. The molecule has 1 aliphatic heterocycles. The van der Waals surface area contributed by atoms with Crippen molar-refractivity contribution in [2.45, 2.75) is 44.8 Å². The Balaban J connectivity index is 1.85. The molecule has 1 saturated heterocycles. The SMILES string of the molecule is COCCCCCC(=O)OCC1OC1C. The molecule has 0 saturated carbocycles. The predicted octanol–water partition coefficient (Wildman–Crippen LogP) is 1.52. The van der Waals surface area contributed by atoms with E-state index >= 15 is 0 Å². The average Bonchev–Trinajstić information content (AvgIpc) is 2.91. The number of ether oxygens (including phenoxy) is 3. The Hall–Kier alpha value is -0.610. The number of unbranched alkanes of at least 4 members (excludes halogenated alkanes) is 2. The Kier molecular flexibility index (Phi) is 5.65. The summed E-state index contributed by atoms with van der Waals surface area (Å²) >= 11 is 0. The molecule has 2 atom stereocenters. The van der Waals surface area contributed by atoms with Gasteiger partial charge in [-0.1, -0.05) is 6.42 Å². The monoisotopic (exact) mass is 216 g/mol. The Morgan fingerprint density at radius 2 is 2.07 bits per heavy atom. The van der Waals surface area contributed by atoms with Gasteiger partial charge in [-0.25, -0.2) is 0 Å². The summed E-state index contributed by atoms with van der Waals surface area (Å²) in [5, 5.41) is 0. The molecule has 1 aliphatic rings. The van der Waals surface area contributed by atoms with Crippen LogP contribution in [0, 0.1) is 0 Å². The highest BCUT2D eigenvalue weighted by molar-refractivity contribution is 5.69. The van der Waals surface area contributed by atoms with Gasteiger partial charge in [-0.05, 0) is 19.8 Å². The van der Waals surface area contributed by atoms with Crippen LogP contribution in [0.5, 0.6) is 0 Å². The van der Waals surface area contributed by atoms with Crippen LogP contribution in [0.4, 0.5) is 0 Å². The number of esters is 1. The van der Waals surface area contributed by atoms with E-state index in [1.807, 2.05) is 6.92 Å². The summed E-state index contributed by atoms with van der Waals surface area (Å²) in [5.74, 6) is -0.116. The highest BCUT2D eigenvalue weighted by Gasteiger charge is 2.35. The molecule has 4 heteroatoms. The normalized spacial score (nSPS) is 23.9. The zero-order chi connectivity index (χ0) is 11.1. The highest BCUT2D eigenvalue weighted by atomic mass is 16.6. The minimum atomic E-state index is -0.116. The third-order valence-corrected chi connectivity index (χ3v) is 2.47. The van der Waals surface area contributed by atoms with E-state index in [4.69, 9.17) is 14.2 Å². The second kappa shape index (κ2) is 6.80. The minimum absolute atomic E-state index is 0.116. The lowest BCUT2D eigenvalue weighted by molar-refractivity contribution is -0.144. The highest BCUT2D eigenvalue weighted by Crippen LogP contribution is 2.20. The Morgan fingerprint density at radius 1 is 1.33 bits per heavy atom. The molecule has 0 aliphatic carbocycles. The second-order valence-corrected chi connectivity index (χ2v) is 3.87. The second-order valence-electron chi connectivity index (χ2n) is 3.87. The molecular weight excluding hydrogens is 196 g/mol. The minimum Gasteiger partial charge on any atom is -0.463 e. The summed E-state index contributed by atoms with van der Waals surface area (Å²) in [5.41, 5.74) is 0. The molecule has 1 heterocycles. The van der Waals surface area contributed by atoms with Crippen molar-refractivity contribution in [2.24, 2.45) is 0 Å². The third kappa shape index (κ3) is 5.74. The van der Waals surface area contributed by atoms with Gasteiger partial charge in [0, 0.05) is 20.1 Å². The number of rotatable bonds is 8. The fourth-order valence-electron chi connectivity index (χ4n) is 1.34. The van der Waals surface area contributed by atoms with Gasteiger partial charge in [0.2, 0.25) is 0 Å². The summed E-state index contributed by atoms with van der Waals surface area (Å²) in [6, 6.07) is 0. The van der Waals surface area contributed by atoms with Crippen molar-refractivity contribution in [3.05, 3.63) is 0 Å². The molecule has 0 aromatic rings. The van der Waals surface area contributed by atoms with E-state index in [1.165, 1.54) is 0 Å². The first-order valence-electron chi connectivity index (χ1n) is 5.54. The molecule has 0 aromatic heterocycles. The maximum atomic E-state index is 11.2. The summed E-state index contributed by atoms with van der Waals surface area (Å²) in [7, 11) is 1.69. The van der Waals surface area contributed by atoms with E-state index in [0.717, 1.165) is 25.9 Å². The van der Waals surface area contributed by atoms with Crippen LogP contribution in [0.3, 0.4) is 0 Å². The number of carbonyl (C=O) groups is 1. The molecule has 0 N–H and O–H groups in total. The first kappa shape index (κ1) is 12.5. The largest absolute Gasteiger partial charge is 0.463 e. The van der Waals surface area contributed by atoms with Crippen molar-refractivity contribution >= 4 is 5.97 Å². The van der Waals surface area contributed by atoms with Crippen molar-refractivity contribution in [2.75, 3.05) is 20.3 Å². The van der Waals surface area contributed by atoms with Crippen LogP contribution in [0.15, 0.2) is 0 Å². The third-order valence-electron chi connectivity index (χ3n) is 2.47. The topological polar surface area (TPSA) is 48.1 Å². The number of methoxy groups -OCH3 is 1. The Labute approximate surface area is 90.9 Å². The van der Waals surface area contributed by atoms with Crippen molar-refractivity contribution in [1.29, 1.82) is 0 Å². The molecule has 0 amide bonds. The van der Waals surface area contributed by atoms with Gasteiger partial charge in [0.1, 0.15) is 12.7 Å². The zero-order valence-corrected chi connectivity index (χ0v) is 9.53. The summed E-state index contributed by atoms with van der Waals surface area (Å²) in [6.45, 7) is 3.16. The van der Waals surface area contributed by atoms with E-state index in [9.17, 15) is 4.79 Å². The van der Waals surface area contributed by atoms with E-state index in [-0.39, 0.29) is 18.2 Å². The number of carbonyl (C=O) groups excluding carboxylic acids is 1. The van der Waals surface area contributed by atoms with Gasteiger partial charge in [-0.3, -0.25) is 4.79 Å². The maximum Gasteiger partial charge on any atom is 0.305 e. The molecule has 0 spiro atoms. The van der Waals surface area contributed by atoms with Crippen molar-refractivity contribution in [3.63, 3.8) is 0 Å². The summed E-state index contributed by atoms with van der Waals surface area (Å²) in [4.78, 5) is 11.2. The van der Waals surface area contributed by atoms with E-state index < -0.39 is 0 Å². The summed E-state index contributed by atoms with van der Waals surface area (Å²) in [6.07, 6.45) is 3.81. The molecular formula is C11H20O4. The predicted molar refractivity (Wildman–Crippen MR) is 55.6 cm³/mol. The van der Waals surface area contributed by atoms with Crippen molar-refractivity contribution < 1.29 is 19.0 Å². The molecule has 1 rings (SSSR count). The van der Waals surface area contributed by atoms with Gasteiger partial charge >= 0.3 is 5.97 Å². The van der Waals surface area contributed by atoms with E-state index in [1.54, 1.807) is 7.11 Å². The van der Waals surface area contributed by atoms with Crippen LogP contribution in [0.2, 0.25) is 0 Å². The number of hydrogen-bond acceptors (Lipinski definition) is 4. The first-order valence-corrected chi connectivity index (χ1v) is 5.54. The van der Waals surface area contributed by atoms with Crippen LogP contribution in [0.1, 0.15) is 32.6 Å². The molecule has 0 radical (unpaired) electrons. The van der Waals surface area contributed by atoms with Crippen LogP contribution in [-0.2, 0) is 19.0 Å². The van der Waals surface area contributed by atoms with Crippen molar-refractivity contribution in [1.82, 2.24) is 0 Å². The van der Waals surface area contributed by atoms with E-state index in [2.05, 4.69) is 0 Å². The van der Waals surface area contributed by atoms with Crippen LogP contribution in [-0.4, -0.2) is 38.5 Å². The van der Waals surface area contributed by atoms with Crippen LogP contribution < -0.4 is 0 Å². The lowest BCUT2D eigenvalue weighted by Gasteiger charge is -2.02. The van der Waals surface area contributed by atoms with Gasteiger partial charge in [0.15, 0.2) is 0 Å². The number of hydrogen-bond donors (Lipinski definition) is 0. The molecule has 2 unspecified atom stereocenters. The smallest absolute Gasteiger partial charge is 0.305 e. The van der Waals surface area contributed by atoms with Gasteiger partial charge in [-0.2, -0.15) is 0 Å². The zero-order valence-electron chi connectivity index (χ0n) is 9.53. The fourth-order valence-corrected chi connectivity index (χ4v) is 1.34. The van der Waals surface area contributed by atoms with Crippen molar-refractivity contribution in [3.8, 4) is 0 Å².